The molecular formula is C22H20ClN5O. The maximum Gasteiger partial charge on any atom is 0.271 e. The number of hydrogen-bond acceptors (Lipinski definition) is 4. The third-order valence-corrected chi connectivity index (χ3v) is 5.14. The van der Waals surface area contributed by atoms with Crippen LogP contribution in [0.2, 0.25) is 5.15 Å². The highest BCUT2D eigenvalue weighted by Crippen LogP contribution is 2.21. The van der Waals surface area contributed by atoms with Crippen molar-refractivity contribution in [3.05, 3.63) is 70.1 Å². The number of hydrazone groups is 1. The number of fused-ring (bicyclic) bond motifs is 2. The number of aryl methyl sites for hydroxylation is 3. The molecule has 0 radical (unpaired) electrons. The van der Waals surface area contributed by atoms with Crippen LogP contribution in [0.25, 0.3) is 21.9 Å². The summed E-state index contributed by atoms with van der Waals surface area (Å²) in [7, 11) is 0. The van der Waals surface area contributed by atoms with Crippen molar-refractivity contribution in [2.75, 3.05) is 0 Å². The minimum Gasteiger partial charge on any atom is -0.329 e. The van der Waals surface area contributed by atoms with Crippen LogP contribution in [-0.2, 0) is 6.54 Å². The smallest absolute Gasteiger partial charge is 0.271 e. The first-order valence-corrected chi connectivity index (χ1v) is 9.71. The van der Waals surface area contributed by atoms with Crippen LogP contribution in [0.15, 0.2) is 47.6 Å². The van der Waals surface area contributed by atoms with Crippen LogP contribution in [0.4, 0.5) is 0 Å². The van der Waals surface area contributed by atoms with Gasteiger partial charge in [-0.05, 0) is 56.7 Å². The highest BCUT2D eigenvalue weighted by atomic mass is 35.5. The van der Waals surface area contributed by atoms with Gasteiger partial charge in [-0.25, -0.2) is 15.4 Å². The summed E-state index contributed by atoms with van der Waals surface area (Å²) in [5.74, 6) is 0.610. The quantitative estimate of drug-likeness (QED) is 0.305. The average molecular weight is 406 g/mol. The van der Waals surface area contributed by atoms with Crippen molar-refractivity contribution in [3.63, 3.8) is 0 Å². The lowest BCUT2D eigenvalue weighted by Gasteiger charge is -2.04. The molecule has 0 fully saturated rings. The van der Waals surface area contributed by atoms with E-state index < -0.39 is 0 Å². The Labute approximate surface area is 173 Å². The number of aromatic nitrogens is 3. The Morgan fingerprint density at radius 1 is 1.14 bits per heavy atom. The van der Waals surface area contributed by atoms with Crippen molar-refractivity contribution in [1.82, 2.24) is 20.0 Å². The molecule has 29 heavy (non-hydrogen) atoms. The van der Waals surface area contributed by atoms with Crippen molar-refractivity contribution in [1.29, 1.82) is 0 Å². The standard InChI is InChI=1S/C22H20ClN5O/c1-4-28-14(3)25-19-11-16(7-8-20(19)28)22(29)27-24-12-17-10-15-6-5-13(2)9-18(15)26-21(17)23/h5-12H,4H2,1-3H3,(H,27,29). The molecule has 0 bridgehead atoms. The molecule has 0 saturated carbocycles. The molecule has 0 spiro atoms. The highest BCUT2D eigenvalue weighted by Gasteiger charge is 2.10. The monoisotopic (exact) mass is 405 g/mol. The number of nitrogens with zero attached hydrogens (tertiary/aromatic N) is 4. The molecule has 2 aromatic carbocycles. The Hall–Kier alpha value is -3.25. The summed E-state index contributed by atoms with van der Waals surface area (Å²) >= 11 is 6.26. The van der Waals surface area contributed by atoms with E-state index in [-0.39, 0.29) is 5.91 Å². The van der Waals surface area contributed by atoms with Gasteiger partial charge in [0.25, 0.3) is 5.91 Å². The largest absolute Gasteiger partial charge is 0.329 e. The Balaban J connectivity index is 1.54. The molecule has 146 valence electrons. The first-order valence-electron chi connectivity index (χ1n) is 9.33. The lowest BCUT2D eigenvalue weighted by molar-refractivity contribution is 0.0955. The Morgan fingerprint density at radius 3 is 2.76 bits per heavy atom. The zero-order valence-electron chi connectivity index (χ0n) is 16.4. The zero-order valence-corrected chi connectivity index (χ0v) is 17.2. The Bertz CT molecular complexity index is 1280. The summed E-state index contributed by atoms with van der Waals surface area (Å²) in [4.78, 5) is 21.4. The molecule has 0 aliphatic heterocycles. The molecule has 4 rings (SSSR count). The number of carbonyl (C=O) groups excluding carboxylic acids is 1. The first-order chi connectivity index (χ1) is 14.0. The molecule has 0 aliphatic carbocycles. The number of carbonyl (C=O) groups is 1. The van der Waals surface area contributed by atoms with Crippen molar-refractivity contribution < 1.29 is 4.79 Å². The molecular weight excluding hydrogens is 386 g/mol. The molecule has 4 aromatic rings. The minimum atomic E-state index is -0.313. The van der Waals surface area contributed by atoms with Gasteiger partial charge >= 0.3 is 0 Å². The fraction of sp³-hybridized carbons (Fsp3) is 0.182. The normalized spacial score (nSPS) is 11.6. The van der Waals surface area contributed by atoms with Gasteiger partial charge in [0.2, 0.25) is 0 Å². The SMILES string of the molecule is CCn1c(C)nc2cc(C(=O)NN=Cc3cc4ccc(C)cc4nc3Cl)ccc21. The summed E-state index contributed by atoms with van der Waals surface area (Å²) in [6, 6.07) is 13.3. The van der Waals surface area contributed by atoms with Crippen LogP contribution in [0, 0.1) is 13.8 Å². The second-order valence-corrected chi connectivity index (χ2v) is 7.23. The second kappa shape index (κ2) is 7.64. The molecule has 0 saturated heterocycles. The van der Waals surface area contributed by atoms with Gasteiger partial charge in [-0.15, -0.1) is 0 Å². The van der Waals surface area contributed by atoms with Crippen LogP contribution >= 0.6 is 11.6 Å². The number of imidazole rings is 1. The molecule has 1 amide bonds. The lowest BCUT2D eigenvalue weighted by Crippen LogP contribution is -2.17. The number of hydrogen-bond donors (Lipinski definition) is 1. The number of pyridine rings is 1. The maximum atomic E-state index is 12.5. The van der Waals surface area contributed by atoms with E-state index in [9.17, 15) is 4.79 Å². The maximum absolute atomic E-state index is 12.5. The molecule has 6 nitrogen and oxygen atoms in total. The molecule has 2 aromatic heterocycles. The van der Waals surface area contributed by atoms with Crippen molar-refractivity contribution in [2.24, 2.45) is 5.10 Å². The van der Waals surface area contributed by atoms with Crippen LogP contribution < -0.4 is 5.43 Å². The average Bonchev–Trinajstić information content (AvgIpc) is 3.02. The van der Waals surface area contributed by atoms with E-state index in [2.05, 4.69) is 32.0 Å². The third-order valence-electron chi connectivity index (χ3n) is 4.84. The van der Waals surface area contributed by atoms with E-state index >= 15 is 0 Å². The molecule has 1 N–H and O–H groups in total. The molecule has 7 heteroatoms. The number of amides is 1. The topological polar surface area (TPSA) is 72.2 Å². The van der Waals surface area contributed by atoms with Gasteiger partial charge in [0.15, 0.2) is 0 Å². The molecule has 0 unspecified atom stereocenters. The van der Waals surface area contributed by atoms with Crippen LogP contribution in [0.3, 0.4) is 0 Å². The van der Waals surface area contributed by atoms with Crippen molar-refractivity contribution >= 4 is 45.7 Å². The van der Waals surface area contributed by atoms with E-state index in [4.69, 9.17) is 11.6 Å². The van der Waals surface area contributed by atoms with E-state index in [0.717, 1.165) is 39.9 Å². The fourth-order valence-corrected chi connectivity index (χ4v) is 3.57. The van der Waals surface area contributed by atoms with Crippen LogP contribution in [0.1, 0.15) is 34.2 Å². The van der Waals surface area contributed by atoms with Gasteiger partial charge in [-0.2, -0.15) is 5.10 Å². The van der Waals surface area contributed by atoms with Gasteiger partial charge in [0.1, 0.15) is 11.0 Å². The van der Waals surface area contributed by atoms with Gasteiger partial charge in [-0.1, -0.05) is 23.7 Å². The van der Waals surface area contributed by atoms with Gasteiger partial charge in [-0.3, -0.25) is 4.79 Å². The van der Waals surface area contributed by atoms with Crippen LogP contribution in [0.5, 0.6) is 0 Å². The predicted octanol–water partition coefficient (Wildman–Crippen LogP) is 4.64. The van der Waals surface area contributed by atoms with Gasteiger partial charge in [0.05, 0.1) is 22.8 Å². The number of nitrogens with one attached hydrogen (secondary N) is 1. The summed E-state index contributed by atoms with van der Waals surface area (Å²) in [5, 5.41) is 5.34. The number of benzene rings is 2. The lowest BCUT2D eigenvalue weighted by atomic mass is 10.1. The molecule has 2 heterocycles. The Morgan fingerprint density at radius 2 is 1.97 bits per heavy atom. The predicted molar refractivity (Wildman–Crippen MR) is 117 cm³/mol. The second-order valence-electron chi connectivity index (χ2n) is 6.87. The fourth-order valence-electron chi connectivity index (χ4n) is 3.38. The number of rotatable bonds is 4. The van der Waals surface area contributed by atoms with Crippen molar-refractivity contribution in [2.45, 2.75) is 27.3 Å². The molecule has 0 atom stereocenters. The van der Waals surface area contributed by atoms with E-state index in [0.29, 0.717) is 16.3 Å². The Kier molecular flexibility index (Phi) is 5.03. The van der Waals surface area contributed by atoms with E-state index in [1.54, 1.807) is 12.1 Å². The highest BCUT2D eigenvalue weighted by molar-refractivity contribution is 6.32. The van der Waals surface area contributed by atoms with Crippen LogP contribution in [-0.4, -0.2) is 26.7 Å². The third kappa shape index (κ3) is 3.71. The summed E-state index contributed by atoms with van der Waals surface area (Å²) < 4.78 is 2.10. The van der Waals surface area contributed by atoms with E-state index in [1.165, 1.54) is 6.21 Å². The zero-order chi connectivity index (χ0) is 20.5. The van der Waals surface area contributed by atoms with Gasteiger partial charge < -0.3 is 4.57 Å². The summed E-state index contributed by atoms with van der Waals surface area (Å²) in [5.41, 5.74) is 7.41. The summed E-state index contributed by atoms with van der Waals surface area (Å²) in [6.07, 6.45) is 1.50. The van der Waals surface area contributed by atoms with E-state index in [1.807, 2.05) is 44.2 Å². The number of halogens is 1. The first kappa shape index (κ1) is 19.1. The summed E-state index contributed by atoms with van der Waals surface area (Å²) in [6.45, 7) is 6.86. The minimum absolute atomic E-state index is 0.313. The van der Waals surface area contributed by atoms with Crippen molar-refractivity contribution in [3.8, 4) is 0 Å². The van der Waals surface area contributed by atoms with Gasteiger partial charge in [0, 0.05) is 23.1 Å². The molecule has 0 aliphatic rings.